The van der Waals surface area contributed by atoms with Gasteiger partial charge < -0.3 is 9.47 Å². The highest BCUT2D eigenvalue weighted by Crippen LogP contribution is 2.13. The number of hydrogen-bond acceptors (Lipinski definition) is 2. The molecule has 0 aliphatic carbocycles. The lowest BCUT2D eigenvalue weighted by atomic mass is 10.0. The van der Waals surface area contributed by atoms with E-state index in [2.05, 4.69) is 13.8 Å². The molecule has 0 fully saturated rings. The van der Waals surface area contributed by atoms with E-state index in [0.717, 1.165) is 26.4 Å². The molecule has 0 aliphatic heterocycles. The number of hydrogen-bond donors (Lipinski definition) is 0. The van der Waals surface area contributed by atoms with Gasteiger partial charge in [-0.3, -0.25) is 0 Å². The Labute approximate surface area is 210 Å². The van der Waals surface area contributed by atoms with Crippen LogP contribution in [-0.4, -0.2) is 26.4 Å². The smallest absolute Gasteiger partial charge is 0.0700 e. The van der Waals surface area contributed by atoms with Crippen LogP contribution in [0.25, 0.3) is 0 Å². The van der Waals surface area contributed by atoms with Crippen LogP contribution >= 0.6 is 0 Å². The SMILES string of the molecule is CCCCCCCCCCCCCCCCCOCCOCCCCCCCCCCCC. The zero-order valence-corrected chi connectivity index (χ0v) is 23.3. The van der Waals surface area contributed by atoms with Crippen LogP contribution in [0.4, 0.5) is 0 Å². The Balaban J connectivity index is 2.99. The van der Waals surface area contributed by atoms with Gasteiger partial charge in [0.2, 0.25) is 0 Å². The van der Waals surface area contributed by atoms with E-state index < -0.39 is 0 Å². The fourth-order valence-corrected chi connectivity index (χ4v) is 4.59. The molecular weight excluding hydrogens is 404 g/mol. The Kier molecular flexibility index (Phi) is 31.8. The molecule has 0 spiro atoms. The highest BCUT2D eigenvalue weighted by molar-refractivity contribution is 4.50. The van der Waals surface area contributed by atoms with Gasteiger partial charge in [-0.25, -0.2) is 0 Å². The van der Waals surface area contributed by atoms with Gasteiger partial charge >= 0.3 is 0 Å². The molecule has 0 aromatic rings. The Bertz CT molecular complexity index is 288. The van der Waals surface area contributed by atoms with E-state index in [4.69, 9.17) is 9.47 Å². The van der Waals surface area contributed by atoms with Crippen molar-refractivity contribution in [1.82, 2.24) is 0 Å². The molecule has 0 saturated carbocycles. The summed E-state index contributed by atoms with van der Waals surface area (Å²) in [5, 5.41) is 0. The van der Waals surface area contributed by atoms with Gasteiger partial charge in [0.15, 0.2) is 0 Å². The highest BCUT2D eigenvalue weighted by Gasteiger charge is 1.96. The Hall–Kier alpha value is -0.0800. The lowest BCUT2D eigenvalue weighted by Crippen LogP contribution is -2.06. The highest BCUT2D eigenvalue weighted by atomic mass is 16.5. The summed E-state index contributed by atoms with van der Waals surface area (Å²) in [6, 6.07) is 0. The van der Waals surface area contributed by atoms with Crippen molar-refractivity contribution in [1.29, 1.82) is 0 Å². The van der Waals surface area contributed by atoms with Crippen molar-refractivity contribution in [3.63, 3.8) is 0 Å². The van der Waals surface area contributed by atoms with Crippen molar-refractivity contribution in [3.8, 4) is 0 Å². The van der Waals surface area contributed by atoms with Crippen LogP contribution in [0.5, 0.6) is 0 Å². The van der Waals surface area contributed by atoms with E-state index >= 15 is 0 Å². The summed E-state index contributed by atoms with van der Waals surface area (Å²) in [6.07, 6.45) is 35.1. The predicted molar refractivity (Wildman–Crippen MR) is 148 cm³/mol. The molecule has 0 aromatic heterocycles. The van der Waals surface area contributed by atoms with Crippen molar-refractivity contribution < 1.29 is 9.47 Å². The molecule has 0 aromatic carbocycles. The zero-order valence-electron chi connectivity index (χ0n) is 23.3. The van der Waals surface area contributed by atoms with Gasteiger partial charge in [-0.15, -0.1) is 0 Å². The molecule has 0 saturated heterocycles. The normalized spacial score (nSPS) is 11.5. The van der Waals surface area contributed by atoms with Crippen LogP contribution in [0.2, 0.25) is 0 Å². The van der Waals surface area contributed by atoms with Crippen LogP contribution in [0.15, 0.2) is 0 Å². The lowest BCUT2D eigenvalue weighted by molar-refractivity contribution is 0.0448. The lowest BCUT2D eigenvalue weighted by Gasteiger charge is -2.06. The van der Waals surface area contributed by atoms with E-state index in [1.807, 2.05) is 0 Å². The van der Waals surface area contributed by atoms with Gasteiger partial charge in [0, 0.05) is 13.2 Å². The van der Waals surface area contributed by atoms with Crippen molar-refractivity contribution in [3.05, 3.63) is 0 Å². The molecule has 0 bridgehead atoms. The quantitative estimate of drug-likeness (QED) is 0.0975. The van der Waals surface area contributed by atoms with Gasteiger partial charge in [0.05, 0.1) is 13.2 Å². The van der Waals surface area contributed by atoms with Crippen LogP contribution in [0.1, 0.15) is 174 Å². The van der Waals surface area contributed by atoms with Crippen molar-refractivity contribution in [2.75, 3.05) is 26.4 Å². The van der Waals surface area contributed by atoms with Crippen molar-refractivity contribution in [2.45, 2.75) is 174 Å². The topological polar surface area (TPSA) is 18.5 Å². The van der Waals surface area contributed by atoms with Crippen LogP contribution in [0, 0.1) is 0 Å². The standard InChI is InChI=1S/C31H64O2/c1-3-5-7-9-11-13-15-16-17-18-19-21-23-25-27-29-33-31-30-32-28-26-24-22-20-14-12-10-8-6-4-2/h3-31H2,1-2H3. The predicted octanol–water partition coefficient (Wildman–Crippen LogP) is 10.8. The second kappa shape index (κ2) is 31.9. The first-order valence-corrected chi connectivity index (χ1v) is 15.6. The fraction of sp³-hybridized carbons (Fsp3) is 1.00. The van der Waals surface area contributed by atoms with Crippen molar-refractivity contribution in [2.24, 2.45) is 0 Å². The average Bonchev–Trinajstić information content (AvgIpc) is 2.83. The molecule has 2 nitrogen and oxygen atoms in total. The second-order valence-corrected chi connectivity index (χ2v) is 10.4. The average molecular weight is 469 g/mol. The fourth-order valence-electron chi connectivity index (χ4n) is 4.59. The molecule has 0 radical (unpaired) electrons. The van der Waals surface area contributed by atoms with Crippen LogP contribution in [0.3, 0.4) is 0 Å². The summed E-state index contributed by atoms with van der Waals surface area (Å²) >= 11 is 0. The molecule has 0 amide bonds. The molecule has 0 atom stereocenters. The van der Waals surface area contributed by atoms with E-state index in [1.54, 1.807) is 0 Å². The summed E-state index contributed by atoms with van der Waals surface area (Å²) in [4.78, 5) is 0. The third-order valence-electron chi connectivity index (χ3n) is 6.91. The van der Waals surface area contributed by atoms with Crippen LogP contribution in [-0.2, 0) is 9.47 Å². The second-order valence-electron chi connectivity index (χ2n) is 10.4. The van der Waals surface area contributed by atoms with Gasteiger partial charge in [0.1, 0.15) is 0 Å². The number of unbranched alkanes of at least 4 members (excludes halogenated alkanes) is 23. The summed E-state index contributed by atoms with van der Waals surface area (Å²) in [6.45, 7) is 7.96. The molecular formula is C31H64O2. The Morgan fingerprint density at radius 2 is 0.455 bits per heavy atom. The molecule has 0 rings (SSSR count). The van der Waals surface area contributed by atoms with Gasteiger partial charge in [0.25, 0.3) is 0 Å². The maximum atomic E-state index is 5.72. The molecule has 2 heteroatoms. The number of ether oxygens (including phenoxy) is 2. The summed E-state index contributed by atoms with van der Waals surface area (Å²) in [5.41, 5.74) is 0. The molecule has 0 N–H and O–H groups in total. The molecule has 0 heterocycles. The summed E-state index contributed by atoms with van der Waals surface area (Å²) in [7, 11) is 0. The third kappa shape index (κ3) is 31.9. The van der Waals surface area contributed by atoms with Crippen LogP contribution < -0.4 is 0 Å². The van der Waals surface area contributed by atoms with Gasteiger partial charge in [-0.2, -0.15) is 0 Å². The Morgan fingerprint density at radius 3 is 0.697 bits per heavy atom. The van der Waals surface area contributed by atoms with E-state index in [-0.39, 0.29) is 0 Å². The zero-order chi connectivity index (χ0) is 23.9. The van der Waals surface area contributed by atoms with E-state index in [9.17, 15) is 0 Å². The van der Waals surface area contributed by atoms with E-state index in [1.165, 1.54) is 161 Å². The molecule has 200 valence electrons. The minimum Gasteiger partial charge on any atom is -0.379 e. The summed E-state index contributed by atoms with van der Waals surface area (Å²) < 4.78 is 11.4. The molecule has 0 aliphatic rings. The van der Waals surface area contributed by atoms with Gasteiger partial charge in [-0.05, 0) is 12.8 Å². The van der Waals surface area contributed by atoms with Crippen molar-refractivity contribution >= 4 is 0 Å². The minimum absolute atomic E-state index is 0.774. The molecule has 33 heavy (non-hydrogen) atoms. The first kappa shape index (κ1) is 32.9. The van der Waals surface area contributed by atoms with E-state index in [0.29, 0.717) is 0 Å². The first-order chi connectivity index (χ1) is 16.4. The summed E-state index contributed by atoms with van der Waals surface area (Å²) in [5.74, 6) is 0. The first-order valence-electron chi connectivity index (χ1n) is 15.6. The largest absolute Gasteiger partial charge is 0.379 e. The minimum atomic E-state index is 0.774. The maximum Gasteiger partial charge on any atom is 0.0700 e. The molecule has 0 unspecified atom stereocenters. The maximum absolute atomic E-state index is 5.72. The van der Waals surface area contributed by atoms with Gasteiger partial charge in [-0.1, -0.05) is 162 Å². The monoisotopic (exact) mass is 468 g/mol. The third-order valence-corrected chi connectivity index (χ3v) is 6.91. The Morgan fingerprint density at radius 1 is 0.242 bits per heavy atom. The number of rotatable bonds is 30.